The predicted molar refractivity (Wildman–Crippen MR) is 125 cm³/mol. The minimum Gasteiger partial charge on any atom is -0.345 e. The number of urea groups is 1. The van der Waals surface area contributed by atoms with Crippen molar-refractivity contribution >= 4 is 11.7 Å². The largest absolute Gasteiger partial charge is 0.345 e. The molecule has 1 aromatic heterocycles. The van der Waals surface area contributed by atoms with Gasteiger partial charge in [-0.2, -0.15) is 0 Å². The van der Waals surface area contributed by atoms with Gasteiger partial charge in [0.1, 0.15) is 0 Å². The number of nitrogens with one attached hydrogen (secondary N) is 1. The summed E-state index contributed by atoms with van der Waals surface area (Å²) in [7, 11) is 0. The number of anilines is 1. The Morgan fingerprint density at radius 2 is 1.73 bits per heavy atom. The second-order valence-electron chi connectivity index (χ2n) is 8.01. The lowest BCUT2D eigenvalue weighted by atomic mass is 10.1. The molecule has 0 spiro atoms. The van der Waals surface area contributed by atoms with Crippen LogP contribution in [0, 0.1) is 20.8 Å². The molecule has 0 radical (unpaired) electrons. The van der Waals surface area contributed by atoms with Crippen molar-refractivity contribution in [3.63, 3.8) is 0 Å². The van der Waals surface area contributed by atoms with Gasteiger partial charge >= 0.3 is 6.03 Å². The van der Waals surface area contributed by atoms with Crippen LogP contribution in [-0.2, 0) is 13.1 Å². The molecule has 2 aromatic carbocycles. The van der Waals surface area contributed by atoms with E-state index in [1.54, 1.807) is 0 Å². The van der Waals surface area contributed by atoms with Crippen molar-refractivity contribution in [1.82, 2.24) is 9.47 Å². The average molecular weight is 404 g/mol. The van der Waals surface area contributed by atoms with Crippen LogP contribution < -0.4 is 5.32 Å². The van der Waals surface area contributed by atoms with Crippen molar-refractivity contribution in [2.75, 3.05) is 11.9 Å². The summed E-state index contributed by atoms with van der Waals surface area (Å²) >= 11 is 0. The van der Waals surface area contributed by atoms with E-state index in [0.717, 1.165) is 42.9 Å². The minimum absolute atomic E-state index is 0.0409. The maximum atomic E-state index is 13.1. The molecule has 0 bridgehead atoms. The number of carbonyl (C=O) groups is 1. The molecule has 0 unspecified atom stereocenters. The fraction of sp³-hybridized carbons (Fsp3) is 0.346. The van der Waals surface area contributed by atoms with Gasteiger partial charge in [0.2, 0.25) is 0 Å². The van der Waals surface area contributed by atoms with Crippen LogP contribution in [0.1, 0.15) is 47.7 Å². The highest BCUT2D eigenvalue weighted by atomic mass is 16.2. The van der Waals surface area contributed by atoms with Gasteiger partial charge < -0.3 is 14.8 Å². The Labute approximate surface area is 180 Å². The predicted octanol–water partition coefficient (Wildman–Crippen LogP) is 6.30. The normalized spacial score (nSPS) is 10.8. The first-order chi connectivity index (χ1) is 14.5. The molecule has 30 heavy (non-hydrogen) atoms. The highest BCUT2D eigenvalue weighted by Gasteiger charge is 2.17. The number of nitrogens with zero attached hydrogens (tertiary/aromatic N) is 2. The summed E-state index contributed by atoms with van der Waals surface area (Å²) in [5.41, 5.74) is 6.91. The van der Waals surface area contributed by atoms with Gasteiger partial charge in [-0.25, -0.2) is 4.79 Å². The standard InChI is InChI=1S/C26H33N3O/c1-5-6-16-29(26(30)27-25-15-9-12-20(2)22(25)4)19-24-14-10-17-28(24)18-23-13-8-7-11-21(23)3/h7-15,17H,5-6,16,18-19H2,1-4H3,(H,27,30). The number of hydrogen-bond donors (Lipinski definition) is 1. The molecule has 4 heteroatoms. The third-order valence-corrected chi connectivity index (χ3v) is 5.79. The van der Waals surface area contributed by atoms with Crippen LogP contribution in [-0.4, -0.2) is 22.0 Å². The Bertz CT molecular complexity index is 989. The van der Waals surface area contributed by atoms with Crippen LogP contribution >= 0.6 is 0 Å². The number of amides is 2. The molecule has 3 rings (SSSR count). The molecule has 3 aromatic rings. The maximum Gasteiger partial charge on any atom is 0.322 e. The molecule has 1 N–H and O–H groups in total. The van der Waals surface area contributed by atoms with Gasteiger partial charge in [0.05, 0.1) is 6.54 Å². The van der Waals surface area contributed by atoms with Crippen molar-refractivity contribution in [3.05, 3.63) is 88.7 Å². The van der Waals surface area contributed by atoms with Gasteiger partial charge in [0.25, 0.3) is 0 Å². The molecular formula is C26H33N3O. The summed E-state index contributed by atoms with van der Waals surface area (Å²) in [5, 5.41) is 3.13. The number of benzene rings is 2. The van der Waals surface area contributed by atoms with Crippen molar-refractivity contribution < 1.29 is 4.79 Å². The second kappa shape index (κ2) is 10.1. The molecule has 0 aliphatic carbocycles. The Morgan fingerprint density at radius 3 is 2.50 bits per heavy atom. The van der Waals surface area contributed by atoms with E-state index in [1.807, 2.05) is 17.0 Å². The van der Waals surface area contributed by atoms with E-state index in [-0.39, 0.29) is 6.03 Å². The molecule has 158 valence electrons. The molecule has 1 heterocycles. The van der Waals surface area contributed by atoms with E-state index in [2.05, 4.69) is 86.2 Å². The third kappa shape index (κ3) is 5.32. The Kier molecular flexibility index (Phi) is 7.34. The van der Waals surface area contributed by atoms with Crippen molar-refractivity contribution in [2.45, 2.75) is 53.6 Å². The Balaban J connectivity index is 1.77. The van der Waals surface area contributed by atoms with Crippen LogP contribution in [0.3, 0.4) is 0 Å². The lowest BCUT2D eigenvalue weighted by molar-refractivity contribution is 0.207. The topological polar surface area (TPSA) is 37.3 Å². The first-order valence-corrected chi connectivity index (χ1v) is 10.8. The quantitative estimate of drug-likeness (QED) is 0.471. The Morgan fingerprint density at radius 1 is 0.967 bits per heavy atom. The number of unbranched alkanes of at least 4 members (excludes halogenated alkanes) is 1. The van der Waals surface area contributed by atoms with E-state index in [9.17, 15) is 4.79 Å². The molecule has 0 fully saturated rings. The molecular weight excluding hydrogens is 370 g/mol. The monoisotopic (exact) mass is 403 g/mol. The van der Waals surface area contributed by atoms with Crippen molar-refractivity contribution in [2.24, 2.45) is 0 Å². The number of carbonyl (C=O) groups excluding carboxylic acids is 1. The highest BCUT2D eigenvalue weighted by Crippen LogP contribution is 2.20. The molecule has 0 saturated carbocycles. The van der Waals surface area contributed by atoms with Gasteiger partial charge in [-0.3, -0.25) is 0 Å². The van der Waals surface area contributed by atoms with Gasteiger partial charge in [0.15, 0.2) is 0 Å². The van der Waals surface area contributed by atoms with E-state index in [1.165, 1.54) is 16.7 Å². The summed E-state index contributed by atoms with van der Waals surface area (Å²) in [4.78, 5) is 15.1. The lowest BCUT2D eigenvalue weighted by Gasteiger charge is -2.25. The number of aromatic nitrogens is 1. The number of rotatable bonds is 8. The SMILES string of the molecule is CCCCN(Cc1cccn1Cc1ccccc1C)C(=O)Nc1cccc(C)c1C. The third-order valence-electron chi connectivity index (χ3n) is 5.79. The van der Waals surface area contributed by atoms with Crippen molar-refractivity contribution in [1.29, 1.82) is 0 Å². The zero-order chi connectivity index (χ0) is 21.5. The summed E-state index contributed by atoms with van der Waals surface area (Å²) in [5.74, 6) is 0. The van der Waals surface area contributed by atoms with E-state index < -0.39 is 0 Å². The van der Waals surface area contributed by atoms with E-state index in [4.69, 9.17) is 0 Å². The van der Waals surface area contributed by atoms with Crippen molar-refractivity contribution in [3.8, 4) is 0 Å². The first kappa shape index (κ1) is 21.7. The smallest absolute Gasteiger partial charge is 0.322 e. The van der Waals surface area contributed by atoms with E-state index >= 15 is 0 Å². The zero-order valence-electron chi connectivity index (χ0n) is 18.6. The number of hydrogen-bond acceptors (Lipinski definition) is 1. The second-order valence-corrected chi connectivity index (χ2v) is 8.01. The molecule has 0 saturated heterocycles. The maximum absolute atomic E-state index is 13.1. The molecule has 2 amide bonds. The Hall–Kier alpha value is -3.01. The molecule has 0 atom stereocenters. The molecule has 4 nitrogen and oxygen atoms in total. The number of aryl methyl sites for hydroxylation is 2. The van der Waals surface area contributed by atoms with Gasteiger partial charge in [-0.05, 0) is 67.6 Å². The van der Waals surface area contributed by atoms with Crippen LogP contribution in [0.5, 0.6) is 0 Å². The van der Waals surface area contributed by atoms with Crippen LogP contribution in [0.2, 0.25) is 0 Å². The zero-order valence-corrected chi connectivity index (χ0v) is 18.6. The van der Waals surface area contributed by atoms with Gasteiger partial charge in [-0.1, -0.05) is 49.7 Å². The minimum atomic E-state index is -0.0409. The van der Waals surface area contributed by atoms with Crippen LogP contribution in [0.4, 0.5) is 10.5 Å². The summed E-state index contributed by atoms with van der Waals surface area (Å²) in [6.45, 7) is 10.6. The van der Waals surface area contributed by atoms with E-state index in [0.29, 0.717) is 6.54 Å². The fourth-order valence-corrected chi connectivity index (χ4v) is 3.60. The summed E-state index contributed by atoms with van der Waals surface area (Å²) in [6.07, 6.45) is 4.14. The summed E-state index contributed by atoms with van der Waals surface area (Å²) < 4.78 is 2.24. The van der Waals surface area contributed by atoms with Gasteiger partial charge in [0, 0.05) is 30.7 Å². The lowest BCUT2D eigenvalue weighted by Crippen LogP contribution is -2.36. The van der Waals surface area contributed by atoms with Gasteiger partial charge in [-0.15, -0.1) is 0 Å². The van der Waals surface area contributed by atoms with Crippen LogP contribution in [0.25, 0.3) is 0 Å². The molecule has 0 aliphatic rings. The fourth-order valence-electron chi connectivity index (χ4n) is 3.60. The average Bonchev–Trinajstić information content (AvgIpc) is 3.17. The van der Waals surface area contributed by atoms with Crippen LogP contribution in [0.15, 0.2) is 60.8 Å². The summed E-state index contributed by atoms with van der Waals surface area (Å²) in [6, 6.07) is 18.6. The highest BCUT2D eigenvalue weighted by molar-refractivity contribution is 5.90. The first-order valence-electron chi connectivity index (χ1n) is 10.8. The molecule has 0 aliphatic heterocycles.